The van der Waals surface area contributed by atoms with Crippen molar-refractivity contribution in [2.75, 3.05) is 10.6 Å². The molecule has 0 aliphatic carbocycles. The molecule has 0 amide bonds. The normalized spacial score (nSPS) is 10.8. The van der Waals surface area contributed by atoms with E-state index in [-0.39, 0.29) is 11.5 Å². The van der Waals surface area contributed by atoms with Gasteiger partial charge in [0, 0.05) is 47.7 Å². The number of phenolic OH excluding ortho intramolecular Hbond substituents is 2. The summed E-state index contributed by atoms with van der Waals surface area (Å²) in [6.07, 6.45) is 1.31. The summed E-state index contributed by atoms with van der Waals surface area (Å²) in [6, 6.07) is 35.1. The van der Waals surface area contributed by atoms with Gasteiger partial charge in [-0.25, -0.2) is 0 Å². The second kappa shape index (κ2) is 20.2. The highest BCUT2D eigenvalue weighted by atomic mass is 35.5. The standard InChI is InChI=1S/2C21H18Cl3NOS/c1-2-14-16(23)11-17(21(26)20(14)24)25-12-13-7-3-5-9-18(13)27-19-10-6-4-8-15(19)22;1-2-16-17(23)11-18(21(26)20(16)24)25-12-13-6-3-4-9-19(13)27-15-8-5-7-14(22)10-15/h2*3-11,25-26H,2,12H2,1H3. The topological polar surface area (TPSA) is 64.5 Å². The lowest BCUT2D eigenvalue weighted by molar-refractivity contribution is 0.476. The molecule has 0 unspecified atom stereocenters. The molecule has 6 aromatic rings. The quantitative estimate of drug-likeness (QED) is 0.0919. The molecule has 4 N–H and O–H groups in total. The molecule has 6 aromatic carbocycles. The van der Waals surface area contributed by atoms with E-state index in [9.17, 15) is 10.2 Å². The highest BCUT2D eigenvalue weighted by molar-refractivity contribution is 7.99. The fourth-order valence-electron chi connectivity index (χ4n) is 5.40. The molecular formula is C42H36Cl6N2O2S2. The molecule has 0 aliphatic rings. The molecule has 0 spiro atoms. The molecule has 0 fully saturated rings. The smallest absolute Gasteiger partial charge is 0.157 e. The highest BCUT2D eigenvalue weighted by Gasteiger charge is 2.16. The Balaban J connectivity index is 0.000000208. The largest absolute Gasteiger partial charge is 0.504 e. The minimum absolute atomic E-state index is 0.0224. The molecule has 0 bridgehead atoms. The average Bonchev–Trinajstić information content (AvgIpc) is 3.16. The average molecular weight is 878 g/mol. The summed E-state index contributed by atoms with van der Waals surface area (Å²) in [5.41, 5.74) is 4.70. The minimum Gasteiger partial charge on any atom is -0.504 e. The van der Waals surface area contributed by atoms with Gasteiger partial charge in [0.25, 0.3) is 0 Å². The second-order valence-corrected chi connectivity index (χ2v) is 16.4. The molecule has 0 atom stereocenters. The Morgan fingerprint density at radius 1 is 0.500 bits per heavy atom. The summed E-state index contributed by atoms with van der Waals surface area (Å²) in [4.78, 5) is 4.25. The van der Waals surface area contributed by atoms with Crippen LogP contribution in [0.4, 0.5) is 11.4 Å². The van der Waals surface area contributed by atoms with Crippen LogP contribution >= 0.6 is 93.1 Å². The molecule has 6 rings (SSSR count). The van der Waals surface area contributed by atoms with Gasteiger partial charge in [-0.1, -0.05) is 162 Å². The van der Waals surface area contributed by atoms with E-state index in [4.69, 9.17) is 69.6 Å². The molecule has 4 nitrogen and oxygen atoms in total. The Bertz CT molecular complexity index is 2240. The van der Waals surface area contributed by atoms with Gasteiger partial charge >= 0.3 is 0 Å². The molecule has 0 saturated heterocycles. The third-order valence-electron chi connectivity index (χ3n) is 8.25. The third-order valence-corrected chi connectivity index (χ3v) is 12.7. The van der Waals surface area contributed by atoms with Gasteiger partial charge in [-0.05, 0) is 89.7 Å². The first-order chi connectivity index (χ1) is 26.0. The summed E-state index contributed by atoms with van der Waals surface area (Å²) < 4.78 is 0. The maximum absolute atomic E-state index is 10.4. The van der Waals surface area contributed by atoms with E-state index in [1.807, 2.05) is 105 Å². The van der Waals surface area contributed by atoms with E-state index in [1.54, 1.807) is 35.7 Å². The lowest BCUT2D eigenvalue weighted by Crippen LogP contribution is -2.02. The number of hydrogen-bond acceptors (Lipinski definition) is 6. The predicted molar refractivity (Wildman–Crippen MR) is 234 cm³/mol. The van der Waals surface area contributed by atoms with Crippen LogP contribution < -0.4 is 10.6 Å². The van der Waals surface area contributed by atoms with Crippen LogP contribution in [-0.2, 0) is 25.9 Å². The van der Waals surface area contributed by atoms with Crippen molar-refractivity contribution in [3.8, 4) is 11.5 Å². The first-order valence-corrected chi connectivity index (χ1v) is 20.8. The number of nitrogens with one attached hydrogen (secondary N) is 2. The number of rotatable bonds is 12. The predicted octanol–water partition coefficient (Wildman–Crippen LogP) is 15.4. The van der Waals surface area contributed by atoms with Crippen molar-refractivity contribution in [1.82, 2.24) is 0 Å². The molecule has 0 aromatic heterocycles. The molecule has 280 valence electrons. The number of aromatic hydroxyl groups is 2. The van der Waals surface area contributed by atoms with Crippen molar-refractivity contribution < 1.29 is 10.2 Å². The number of anilines is 2. The fraction of sp³-hybridized carbons (Fsp3) is 0.143. The number of hydrogen-bond donors (Lipinski definition) is 4. The van der Waals surface area contributed by atoms with Gasteiger partial charge in [0.05, 0.1) is 26.4 Å². The number of phenols is 2. The minimum atomic E-state index is 0.0224. The van der Waals surface area contributed by atoms with E-state index in [0.717, 1.165) is 46.9 Å². The summed E-state index contributed by atoms with van der Waals surface area (Å²) in [5.74, 6) is 0.0482. The van der Waals surface area contributed by atoms with E-state index in [1.165, 1.54) is 0 Å². The van der Waals surface area contributed by atoms with E-state index >= 15 is 0 Å². The van der Waals surface area contributed by atoms with Gasteiger partial charge in [0.1, 0.15) is 0 Å². The number of benzene rings is 6. The summed E-state index contributed by atoms with van der Waals surface area (Å²) >= 11 is 40.7. The monoisotopic (exact) mass is 874 g/mol. The molecule has 0 saturated carbocycles. The Labute approximate surface area is 355 Å². The SMILES string of the molecule is CCc1c(Cl)cc(NCc2ccccc2Sc2cccc(Cl)c2)c(O)c1Cl.CCc1c(Cl)cc(NCc2ccccc2Sc2ccccc2Cl)c(O)c1Cl. The van der Waals surface area contributed by atoms with E-state index in [0.29, 0.717) is 62.4 Å². The van der Waals surface area contributed by atoms with Crippen LogP contribution in [0.15, 0.2) is 129 Å². The van der Waals surface area contributed by atoms with Gasteiger partial charge < -0.3 is 20.8 Å². The van der Waals surface area contributed by atoms with Gasteiger partial charge in [-0.15, -0.1) is 0 Å². The second-order valence-electron chi connectivity index (χ2n) is 11.8. The van der Waals surface area contributed by atoms with Crippen molar-refractivity contribution >= 4 is 105 Å². The van der Waals surface area contributed by atoms with Crippen molar-refractivity contribution in [2.24, 2.45) is 0 Å². The van der Waals surface area contributed by atoms with Crippen LogP contribution in [0.5, 0.6) is 11.5 Å². The third kappa shape index (κ3) is 10.8. The molecule has 12 heteroatoms. The summed E-state index contributed by atoms with van der Waals surface area (Å²) in [5, 5.41) is 30.3. The van der Waals surface area contributed by atoms with Crippen LogP contribution in [0.2, 0.25) is 30.1 Å². The van der Waals surface area contributed by atoms with Crippen molar-refractivity contribution in [3.63, 3.8) is 0 Å². The van der Waals surface area contributed by atoms with Crippen LogP contribution in [0, 0.1) is 0 Å². The van der Waals surface area contributed by atoms with Gasteiger partial charge in [-0.3, -0.25) is 0 Å². The highest BCUT2D eigenvalue weighted by Crippen LogP contribution is 2.42. The Hall–Kier alpha value is -3.04. The maximum atomic E-state index is 10.4. The zero-order chi connectivity index (χ0) is 38.8. The Morgan fingerprint density at radius 3 is 1.44 bits per heavy atom. The van der Waals surface area contributed by atoms with Crippen molar-refractivity contribution in [1.29, 1.82) is 0 Å². The maximum Gasteiger partial charge on any atom is 0.157 e. The molecule has 54 heavy (non-hydrogen) atoms. The first kappa shape index (κ1) is 42.1. The molecular weight excluding hydrogens is 841 g/mol. The van der Waals surface area contributed by atoms with Gasteiger partial charge in [-0.2, -0.15) is 0 Å². The van der Waals surface area contributed by atoms with Crippen LogP contribution in [0.1, 0.15) is 36.1 Å². The Morgan fingerprint density at radius 2 is 0.963 bits per heavy atom. The van der Waals surface area contributed by atoms with Crippen LogP contribution in [0.25, 0.3) is 0 Å². The van der Waals surface area contributed by atoms with Crippen LogP contribution in [0.3, 0.4) is 0 Å². The fourth-order valence-corrected chi connectivity index (χ4v) is 9.32. The van der Waals surface area contributed by atoms with Gasteiger partial charge in [0.2, 0.25) is 0 Å². The Kier molecular flexibility index (Phi) is 15.8. The zero-order valence-corrected chi connectivity index (χ0v) is 35.4. The lowest BCUT2D eigenvalue weighted by Gasteiger charge is -2.15. The zero-order valence-electron chi connectivity index (χ0n) is 29.2. The summed E-state index contributed by atoms with van der Waals surface area (Å²) in [6.45, 7) is 4.93. The van der Waals surface area contributed by atoms with Crippen LogP contribution in [-0.4, -0.2) is 10.2 Å². The summed E-state index contributed by atoms with van der Waals surface area (Å²) in [7, 11) is 0. The number of halogens is 6. The first-order valence-electron chi connectivity index (χ1n) is 16.9. The molecule has 0 radical (unpaired) electrons. The lowest BCUT2D eigenvalue weighted by atomic mass is 10.1. The van der Waals surface area contributed by atoms with Crippen molar-refractivity contribution in [2.45, 2.75) is 59.4 Å². The molecule has 0 heterocycles. The van der Waals surface area contributed by atoms with E-state index < -0.39 is 0 Å². The molecule has 0 aliphatic heterocycles. The van der Waals surface area contributed by atoms with E-state index in [2.05, 4.69) is 16.7 Å². The van der Waals surface area contributed by atoms with Crippen molar-refractivity contribution in [3.05, 3.63) is 162 Å². The van der Waals surface area contributed by atoms with Gasteiger partial charge in [0.15, 0.2) is 11.5 Å².